The van der Waals surface area contributed by atoms with Gasteiger partial charge in [-0.05, 0) is 36.8 Å². The van der Waals surface area contributed by atoms with Crippen LogP contribution in [0.15, 0.2) is 23.9 Å². The number of aryl methyl sites for hydroxylation is 1. The molecular weight excluding hydrogens is 352 g/mol. The van der Waals surface area contributed by atoms with Gasteiger partial charge in [0.1, 0.15) is 0 Å². The zero-order valence-corrected chi connectivity index (χ0v) is 16.4. The Bertz CT molecular complexity index is 765. The Labute approximate surface area is 156 Å². The van der Waals surface area contributed by atoms with Gasteiger partial charge in [-0.3, -0.25) is 4.79 Å². The minimum atomic E-state index is -0.0216. The van der Waals surface area contributed by atoms with Crippen molar-refractivity contribution in [1.29, 1.82) is 0 Å². The van der Waals surface area contributed by atoms with Crippen molar-refractivity contribution in [2.24, 2.45) is 13.0 Å². The van der Waals surface area contributed by atoms with Crippen LogP contribution in [0, 0.1) is 5.92 Å². The van der Waals surface area contributed by atoms with E-state index < -0.39 is 0 Å². The molecule has 0 spiro atoms. The van der Waals surface area contributed by atoms with Crippen molar-refractivity contribution in [3.05, 3.63) is 29.2 Å². The minimum Gasteiger partial charge on any atom is -0.352 e. The van der Waals surface area contributed by atoms with Crippen LogP contribution in [0.25, 0.3) is 10.7 Å². The van der Waals surface area contributed by atoms with Gasteiger partial charge in [0.15, 0.2) is 11.0 Å². The summed E-state index contributed by atoms with van der Waals surface area (Å²) in [5.74, 6) is 2.02. The summed E-state index contributed by atoms with van der Waals surface area (Å²) in [6, 6.07) is 2.29. The largest absolute Gasteiger partial charge is 0.352 e. The van der Waals surface area contributed by atoms with Crippen molar-refractivity contribution < 1.29 is 4.79 Å². The fraction of sp³-hybridized carbons (Fsp3) is 0.500. The van der Waals surface area contributed by atoms with Crippen LogP contribution in [0.1, 0.15) is 30.2 Å². The molecule has 0 unspecified atom stereocenters. The maximum absolute atomic E-state index is 11.7. The van der Waals surface area contributed by atoms with E-state index in [0.29, 0.717) is 12.3 Å². The lowest BCUT2D eigenvalue weighted by Gasteiger charge is -2.19. The van der Waals surface area contributed by atoms with Gasteiger partial charge in [0.2, 0.25) is 5.91 Å². The molecule has 1 aliphatic carbocycles. The highest BCUT2D eigenvalue weighted by atomic mass is 32.2. The number of carbonyl (C=O) groups is 1. The number of fused-ring (bicyclic) bond motifs is 1. The van der Waals surface area contributed by atoms with E-state index in [1.807, 2.05) is 23.0 Å². The first-order chi connectivity index (χ1) is 12.1. The molecule has 2 heterocycles. The van der Waals surface area contributed by atoms with E-state index in [1.165, 1.54) is 52.8 Å². The van der Waals surface area contributed by atoms with E-state index in [2.05, 4.69) is 35.1 Å². The molecule has 0 radical (unpaired) electrons. The van der Waals surface area contributed by atoms with Gasteiger partial charge in [-0.15, -0.1) is 28.1 Å². The monoisotopic (exact) mass is 376 g/mol. The van der Waals surface area contributed by atoms with Gasteiger partial charge in [-0.1, -0.05) is 31.2 Å². The second-order valence-corrected chi connectivity index (χ2v) is 8.40. The summed E-state index contributed by atoms with van der Waals surface area (Å²) in [5, 5.41) is 12.2. The number of hydrogen-bond donors (Lipinski definition) is 1. The van der Waals surface area contributed by atoms with E-state index in [0.717, 1.165) is 16.9 Å². The average molecular weight is 377 g/mol. The third kappa shape index (κ3) is 4.15. The van der Waals surface area contributed by atoms with Crippen LogP contribution in [0.5, 0.6) is 0 Å². The van der Waals surface area contributed by atoms with Crippen LogP contribution in [0.2, 0.25) is 0 Å². The Kier molecular flexibility index (Phi) is 5.96. The molecule has 0 bridgehead atoms. The SMILES string of the molecule is C=CCNC(=O)CSc1nnc(-c2cc3c(s2)CC[C@@H](CC)C3)n1C. The van der Waals surface area contributed by atoms with Crippen molar-refractivity contribution >= 4 is 29.0 Å². The summed E-state index contributed by atoms with van der Waals surface area (Å²) >= 11 is 3.25. The Hall–Kier alpha value is -1.60. The predicted octanol–water partition coefficient (Wildman–Crippen LogP) is 3.45. The standard InChI is InChI=1S/C18H24N4OS2/c1-4-8-19-16(23)11-24-18-21-20-17(22(18)3)15-10-13-9-12(5-2)6-7-14(13)25-15/h4,10,12H,1,5-9,11H2,2-3H3,(H,19,23)/t12-/m1/s1. The summed E-state index contributed by atoms with van der Waals surface area (Å²) < 4.78 is 1.99. The maximum Gasteiger partial charge on any atom is 0.230 e. The van der Waals surface area contributed by atoms with Crippen molar-refractivity contribution in [1.82, 2.24) is 20.1 Å². The number of rotatable bonds is 7. The third-order valence-corrected chi connectivity index (χ3v) is 6.85. The summed E-state index contributed by atoms with van der Waals surface area (Å²) in [7, 11) is 1.97. The Morgan fingerprint density at radius 3 is 3.16 bits per heavy atom. The molecule has 1 atom stereocenters. The van der Waals surface area contributed by atoms with Crippen LogP contribution < -0.4 is 5.32 Å². The highest BCUT2D eigenvalue weighted by Crippen LogP contribution is 2.37. The van der Waals surface area contributed by atoms with Crippen molar-refractivity contribution in [2.75, 3.05) is 12.3 Å². The molecule has 2 aromatic heterocycles. The van der Waals surface area contributed by atoms with Crippen LogP contribution in [-0.4, -0.2) is 33.0 Å². The molecule has 5 nitrogen and oxygen atoms in total. The molecule has 25 heavy (non-hydrogen) atoms. The van der Waals surface area contributed by atoms with E-state index >= 15 is 0 Å². The molecule has 7 heteroatoms. The fourth-order valence-corrected chi connectivity index (χ4v) is 5.05. The second kappa shape index (κ2) is 8.19. The molecular formula is C18H24N4OS2. The number of thiophene rings is 1. The molecule has 1 aliphatic rings. The summed E-state index contributed by atoms with van der Waals surface area (Å²) in [6.07, 6.45) is 6.59. The first-order valence-corrected chi connectivity index (χ1v) is 10.4. The number of amides is 1. The molecule has 1 N–H and O–H groups in total. The normalized spacial score (nSPS) is 16.5. The van der Waals surface area contributed by atoms with Gasteiger partial charge in [0.25, 0.3) is 0 Å². The predicted molar refractivity (Wildman–Crippen MR) is 104 cm³/mol. The molecule has 0 aliphatic heterocycles. The smallest absolute Gasteiger partial charge is 0.230 e. The van der Waals surface area contributed by atoms with Gasteiger partial charge in [0, 0.05) is 18.5 Å². The molecule has 0 aromatic carbocycles. The van der Waals surface area contributed by atoms with Crippen molar-refractivity contribution in [3.63, 3.8) is 0 Å². The van der Waals surface area contributed by atoms with Crippen LogP contribution in [0.4, 0.5) is 0 Å². The fourth-order valence-electron chi connectivity index (χ4n) is 3.08. The Morgan fingerprint density at radius 2 is 2.40 bits per heavy atom. The number of hydrogen-bond acceptors (Lipinski definition) is 5. The number of carbonyl (C=O) groups excluding carboxylic acids is 1. The van der Waals surface area contributed by atoms with Gasteiger partial charge in [-0.2, -0.15) is 0 Å². The minimum absolute atomic E-state index is 0.0216. The van der Waals surface area contributed by atoms with Crippen LogP contribution >= 0.6 is 23.1 Å². The molecule has 134 valence electrons. The van der Waals surface area contributed by atoms with Gasteiger partial charge < -0.3 is 9.88 Å². The summed E-state index contributed by atoms with van der Waals surface area (Å²) in [5.41, 5.74) is 1.49. The number of thioether (sulfide) groups is 1. The second-order valence-electron chi connectivity index (χ2n) is 6.32. The van der Waals surface area contributed by atoms with Crippen LogP contribution in [-0.2, 0) is 24.7 Å². The Balaban J connectivity index is 1.70. The molecule has 2 aromatic rings. The zero-order valence-electron chi connectivity index (χ0n) is 14.7. The number of nitrogens with one attached hydrogen (secondary N) is 1. The maximum atomic E-state index is 11.7. The third-order valence-electron chi connectivity index (χ3n) is 4.59. The first-order valence-electron chi connectivity index (χ1n) is 8.64. The van der Waals surface area contributed by atoms with E-state index in [1.54, 1.807) is 6.08 Å². The van der Waals surface area contributed by atoms with Crippen molar-refractivity contribution in [2.45, 2.75) is 37.8 Å². The van der Waals surface area contributed by atoms with Gasteiger partial charge in [-0.25, -0.2) is 0 Å². The first kappa shape index (κ1) is 18.2. The topological polar surface area (TPSA) is 59.8 Å². The van der Waals surface area contributed by atoms with Gasteiger partial charge >= 0.3 is 0 Å². The quantitative estimate of drug-likeness (QED) is 0.594. The molecule has 1 amide bonds. The zero-order chi connectivity index (χ0) is 17.8. The lowest BCUT2D eigenvalue weighted by atomic mass is 9.87. The number of nitrogens with zero attached hydrogens (tertiary/aromatic N) is 3. The molecule has 0 fully saturated rings. The van der Waals surface area contributed by atoms with Crippen LogP contribution in [0.3, 0.4) is 0 Å². The van der Waals surface area contributed by atoms with Crippen molar-refractivity contribution in [3.8, 4) is 10.7 Å². The van der Waals surface area contributed by atoms with E-state index in [4.69, 9.17) is 0 Å². The molecule has 3 rings (SSSR count). The highest BCUT2D eigenvalue weighted by Gasteiger charge is 2.22. The highest BCUT2D eigenvalue weighted by molar-refractivity contribution is 7.99. The number of aromatic nitrogens is 3. The summed E-state index contributed by atoms with van der Waals surface area (Å²) in [4.78, 5) is 14.4. The molecule has 0 saturated carbocycles. The lowest BCUT2D eigenvalue weighted by Crippen LogP contribution is -2.25. The Morgan fingerprint density at radius 1 is 1.56 bits per heavy atom. The van der Waals surface area contributed by atoms with Gasteiger partial charge in [0.05, 0.1) is 10.6 Å². The van der Waals surface area contributed by atoms with E-state index in [-0.39, 0.29) is 5.91 Å². The lowest BCUT2D eigenvalue weighted by molar-refractivity contribution is -0.118. The average Bonchev–Trinajstić information content (AvgIpc) is 3.20. The molecule has 0 saturated heterocycles. The van der Waals surface area contributed by atoms with E-state index in [9.17, 15) is 4.79 Å². The summed E-state index contributed by atoms with van der Waals surface area (Å²) in [6.45, 7) is 6.36.